The molecule has 5 nitrogen and oxygen atoms in total. The first-order chi connectivity index (χ1) is 22.2. The molecule has 0 unspecified atom stereocenters. The van der Waals surface area contributed by atoms with Crippen LogP contribution in [-0.2, 0) is 0 Å². The molecule has 0 aliphatic heterocycles. The van der Waals surface area contributed by atoms with Crippen molar-refractivity contribution in [2.45, 2.75) is 6.92 Å². The molecule has 0 spiro atoms. The van der Waals surface area contributed by atoms with E-state index >= 15 is 0 Å². The van der Waals surface area contributed by atoms with E-state index in [1.165, 1.54) is 5.39 Å². The van der Waals surface area contributed by atoms with Gasteiger partial charge in [-0.25, -0.2) is 15.0 Å². The Hall–Kier alpha value is -6.07. The Morgan fingerprint density at radius 3 is 1.78 bits per heavy atom. The van der Waals surface area contributed by atoms with E-state index in [9.17, 15) is 0 Å². The highest BCUT2D eigenvalue weighted by molar-refractivity contribution is 6.23. The number of rotatable bonds is 4. The van der Waals surface area contributed by atoms with Crippen LogP contribution in [0.4, 0.5) is 0 Å². The van der Waals surface area contributed by atoms with E-state index < -0.39 is 0 Å². The summed E-state index contributed by atoms with van der Waals surface area (Å²) in [7, 11) is 0. The average Bonchev–Trinajstić information content (AvgIpc) is 3.65. The largest absolute Gasteiger partial charge is 0.454 e. The average molecular weight is 579 g/mol. The number of nitrogens with zero attached hydrogens (tertiary/aromatic N) is 4. The molecular weight excluding hydrogens is 552 g/mol. The predicted octanol–water partition coefficient (Wildman–Crippen LogP) is 10.2. The summed E-state index contributed by atoms with van der Waals surface area (Å²) in [4.78, 5) is 15.1. The van der Waals surface area contributed by atoms with Gasteiger partial charge in [0.2, 0.25) is 0 Å². The maximum atomic E-state index is 6.81. The number of benzene rings is 6. The third kappa shape index (κ3) is 3.98. The summed E-state index contributed by atoms with van der Waals surface area (Å²) >= 11 is 0. The summed E-state index contributed by atoms with van der Waals surface area (Å²) in [6.07, 6.45) is 0. The van der Waals surface area contributed by atoms with Crippen LogP contribution >= 0.6 is 0 Å². The van der Waals surface area contributed by atoms with E-state index in [4.69, 9.17) is 19.4 Å². The van der Waals surface area contributed by atoms with E-state index in [-0.39, 0.29) is 0 Å². The Morgan fingerprint density at radius 2 is 1.09 bits per heavy atom. The summed E-state index contributed by atoms with van der Waals surface area (Å²) < 4.78 is 9.12. The molecule has 0 N–H and O–H groups in total. The minimum atomic E-state index is 0.622. The van der Waals surface area contributed by atoms with Gasteiger partial charge in [-0.3, -0.25) is 0 Å². The highest BCUT2D eigenvalue weighted by Gasteiger charge is 2.23. The molecule has 6 aromatic carbocycles. The van der Waals surface area contributed by atoms with Gasteiger partial charge in [0.15, 0.2) is 23.1 Å². The Balaban J connectivity index is 1.38. The van der Waals surface area contributed by atoms with Crippen LogP contribution in [0.25, 0.3) is 83.6 Å². The van der Waals surface area contributed by atoms with Crippen molar-refractivity contribution in [3.8, 4) is 39.9 Å². The lowest BCUT2D eigenvalue weighted by molar-refractivity contribution is 0.671. The quantitative estimate of drug-likeness (QED) is 0.208. The second-order valence-corrected chi connectivity index (χ2v) is 11.3. The lowest BCUT2D eigenvalue weighted by Gasteiger charge is -2.11. The smallest absolute Gasteiger partial charge is 0.165 e. The van der Waals surface area contributed by atoms with Gasteiger partial charge < -0.3 is 8.98 Å². The van der Waals surface area contributed by atoms with Crippen molar-refractivity contribution >= 4 is 43.7 Å². The molecular formula is C40H26N4O. The Bertz CT molecular complexity index is 2470. The fourth-order valence-electron chi connectivity index (χ4n) is 6.53. The number of hydrogen-bond acceptors (Lipinski definition) is 4. The molecule has 0 atom stereocenters. The minimum Gasteiger partial charge on any atom is -0.454 e. The summed E-state index contributed by atoms with van der Waals surface area (Å²) in [5, 5.41) is 4.37. The summed E-state index contributed by atoms with van der Waals surface area (Å²) in [6.45, 7) is 2.11. The number of aryl methyl sites for hydroxylation is 1. The Kier molecular flexibility index (Phi) is 5.65. The molecule has 212 valence electrons. The van der Waals surface area contributed by atoms with Crippen LogP contribution in [-0.4, -0.2) is 19.5 Å². The number of para-hydroxylation sites is 2. The lowest BCUT2D eigenvalue weighted by atomic mass is 9.99. The van der Waals surface area contributed by atoms with Crippen molar-refractivity contribution in [2.75, 3.05) is 0 Å². The Morgan fingerprint density at radius 1 is 0.511 bits per heavy atom. The van der Waals surface area contributed by atoms with Crippen LogP contribution in [0.5, 0.6) is 0 Å². The molecule has 45 heavy (non-hydrogen) atoms. The molecule has 0 fully saturated rings. The van der Waals surface area contributed by atoms with Gasteiger partial charge in [-0.15, -0.1) is 0 Å². The molecule has 0 amide bonds. The fourth-order valence-corrected chi connectivity index (χ4v) is 6.53. The van der Waals surface area contributed by atoms with Crippen molar-refractivity contribution in [1.29, 1.82) is 0 Å². The van der Waals surface area contributed by atoms with Gasteiger partial charge in [0, 0.05) is 43.9 Å². The zero-order valence-corrected chi connectivity index (χ0v) is 24.5. The SMILES string of the molecule is Cc1ccc2oc3c(ccc4c5ccccc5n(-c5ccccc5)c43)c2c1-c1nc(-c2ccccc2)nc(-c2ccccc2)n1. The topological polar surface area (TPSA) is 56.7 Å². The second kappa shape index (κ2) is 10.00. The third-order valence-electron chi connectivity index (χ3n) is 8.58. The summed E-state index contributed by atoms with van der Waals surface area (Å²) in [5.74, 6) is 1.89. The van der Waals surface area contributed by atoms with Crippen LogP contribution in [0.2, 0.25) is 0 Å². The molecule has 3 heterocycles. The van der Waals surface area contributed by atoms with Crippen LogP contribution in [0.15, 0.2) is 144 Å². The molecule has 0 saturated heterocycles. The van der Waals surface area contributed by atoms with Gasteiger partial charge in [0.05, 0.1) is 11.0 Å². The first kappa shape index (κ1) is 25.4. The van der Waals surface area contributed by atoms with E-state index in [2.05, 4.69) is 84.3 Å². The number of furan rings is 1. The number of aromatic nitrogens is 4. The predicted molar refractivity (Wildman–Crippen MR) is 182 cm³/mol. The first-order valence-corrected chi connectivity index (χ1v) is 15.1. The lowest BCUT2D eigenvalue weighted by Crippen LogP contribution is -2.01. The molecule has 0 radical (unpaired) electrons. The molecule has 3 aromatic heterocycles. The van der Waals surface area contributed by atoms with Gasteiger partial charge in [0.1, 0.15) is 5.58 Å². The van der Waals surface area contributed by atoms with Crippen LogP contribution in [0.3, 0.4) is 0 Å². The highest BCUT2D eigenvalue weighted by atomic mass is 16.3. The molecule has 0 aliphatic carbocycles. The third-order valence-corrected chi connectivity index (χ3v) is 8.58. The van der Waals surface area contributed by atoms with Crippen molar-refractivity contribution in [3.63, 3.8) is 0 Å². The van der Waals surface area contributed by atoms with Gasteiger partial charge in [0.25, 0.3) is 0 Å². The zero-order chi connectivity index (χ0) is 29.9. The second-order valence-electron chi connectivity index (χ2n) is 11.3. The summed E-state index contributed by atoms with van der Waals surface area (Å²) in [5.41, 5.74) is 8.81. The van der Waals surface area contributed by atoms with Crippen molar-refractivity contribution in [2.24, 2.45) is 0 Å². The molecule has 5 heteroatoms. The highest BCUT2D eigenvalue weighted by Crippen LogP contribution is 2.43. The van der Waals surface area contributed by atoms with E-state index in [1.54, 1.807) is 0 Å². The minimum absolute atomic E-state index is 0.622. The molecule has 0 saturated carbocycles. The van der Waals surface area contributed by atoms with E-state index in [0.717, 1.165) is 66.3 Å². The zero-order valence-electron chi connectivity index (χ0n) is 24.5. The van der Waals surface area contributed by atoms with E-state index in [1.807, 2.05) is 66.7 Å². The number of fused-ring (bicyclic) bond motifs is 7. The van der Waals surface area contributed by atoms with Crippen LogP contribution in [0, 0.1) is 6.92 Å². The van der Waals surface area contributed by atoms with Crippen LogP contribution < -0.4 is 0 Å². The van der Waals surface area contributed by atoms with Gasteiger partial charge >= 0.3 is 0 Å². The van der Waals surface area contributed by atoms with Crippen molar-refractivity contribution in [3.05, 3.63) is 145 Å². The fraction of sp³-hybridized carbons (Fsp3) is 0.0250. The first-order valence-electron chi connectivity index (χ1n) is 15.1. The Labute approximate surface area is 259 Å². The van der Waals surface area contributed by atoms with Gasteiger partial charge in [-0.1, -0.05) is 109 Å². The molecule has 0 bridgehead atoms. The summed E-state index contributed by atoms with van der Waals surface area (Å²) in [6, 6.07) is 47.8. The maximum absolute atomic E-state index is 6.81. The van der Waals surface area contributed by atoms with E-state index in [0.29, 0.717) is 17.5 Å². The molecule has 9 aromatic rings. The standard InChI is InChI=1S/C40H26N4O/c1-25-21-24-33-35(34(25)40-42-38(26-13-5-2-6-14-26)41-39(43-40)27-15-7-3-8-16-27)31-23-22-30-29-19-11-12-20-32(29)44(36(30)37(31)45-33)28-17-9-4-10-18-28/h2-24H,1H3. The van der Waals surface area contributed by atoms with Gasteiger partial charge in [-0.05, 0) is 42.8 Å². The van der Waals surface area contributed by atoms with Crippen LogP contribution in [0.1, 0.15) is 5.56 Å². The maximum Gasteiger partial charge on any atom is 0.165 e. The number of hydrogen-bond donors (Lipinski definition) is 0. The molecule has 9 rings (SSSR count). The van der Waals surface area contributed by atoms with Crippen molar-refractivity contribution < 1.29 is 4.42 Å². The van der Waals surface area contributed by atoms with Gasteiger partial charge in [-0.2, -0.15) is 0 Å². The monoisotopic (exact) mass is 578 g/mol. The molecule has 0 aliphatic rings. The normalized spacial score (nSPS) is 11.7. The van der Waals surface area contributed by atoms with Crippen molar-refractivity contribution in [1.82, 2.24) is 19.5 Å².